The maximum absolute atomic E-state index is 10.6. The fourth-order valence-corrected chi connectivity index (χ4v) is 1.96. The number of imidazole rings is 1. The standard InChI is InChI=1S/C7H4N2O3S/c10-1-4-2-13-6-5(7(11)12)8-3-9(4)6/h1-3H,(H,11,12). The van der Waals surface area contributed by atoms with E-state index in [2.05, 4.69) is 4.98 Å². The zero-order chi connectivity index (χ0) is 9.42. The van der Waals surface area contributed by atoms with Gasteiger partial charge >= 0.3 is 5.97 Å². The molecule has 0 atom stereocenters. The van der Waals surface area contributed by atoms with Crippen molar-refractivity contribution in [3.05, 3.63) is 23.1 Å². The van der Waals surface area contributed by atoms with E-state index in [0.29, 0.717) is 16.8 Å². The van der Waals surface area contributed by atoms with Crippen LogP contribution in [0.25, 0.3) is 4.83 Å². The molecule has 2 heterocycles. The van der Waals surface area contributed by atoms with E-state index in [0.717, 1.165) is 0 Å². The van der Waals surface area contributed by atoms with E-state index in [-0.39, 0.29) is 5.69 Å². The molecule has 2 aromatic heterocycles. The van der Waals surface area contributed by atoms with E-state index in [1.807, 2.05) is 0 Å². The molecular formula is C7H4N2O3S. The zero-order valence-electron chi connectivity index (χ0n) is 6.30. The molecule has 0 saturated carbocycles. The first-order valence-electron chi connectivity index (χ1n) is 3.37. The van der Waals surface area contributed by atoms with Gasteiger partial charge < -0.3 is 5.11 Å². The zero-order valence-corrected chi connectivity index (χ0v) is 7.11. The van der Waals surface area contributed by atoms with Crippen molar-refractivity contribution in [2.45, 2.75) is 0 Å². The van der Waals surface area contributed by atoms with Crippen molar-refractivity contribution in [1.82, 2.24) is 9.38 Å². The highest BCUT2D eigenvalue weighted by Crippen LogP contribution is 2.18. The van der Waals surface area contributed by atoms with E-state index >= 15 is 0 Å². The Bertz CT molecular complexity index is 485. The monoisotopic (exact) mass is 196 g/mol. The summed E-state index contributed by atoms with van der Waals surface area (Å²) in [5.74, 6) is -1.08. The number of aromatic nitrogens is 2. The molecule has 0 aliphatic carbocycles. The van der Waals surface area contributed by atoms with Gasteiger partial charge in [0.2, 0.25) is 0 Å². The van der Waals surface area contributed by atoms with E-state index in [9.17, 15) is 9.59 Å². The van der Waals surface area contributed by atoms with Gasteiger partial charge in [0.15, 0.2) is 12.0 Å². The third-order valence-electron chi connectivity index (χ3n) is 1.62. The summed E-state index contributed by atoms with van der Waals surface area (Å²) in [5, 5.41) is 10.3. The van der Waals surface area contributed by atoms with Crippen molar-refractivity contribution in [2.24, 2.45) is 0 Å². The minimum absolute atomic E-state index is 0.0156. The predicted octanol–water partition coefficient (Wildman–Crippen LogP) is 0.906. The quantitative estimate of drug-likeness (QED) is 0.724. The van der Waals surface area contributed by atoms with E-state index in [1.54, 1.807) is 5.38 Å². The number of hydrogen-bond donors (Lipinski definition) is 1. The fraction of sp³-hybridized carbons (Fsp3) is 0. The van der Waals surface area contributed by atoms with Gasteiger partial charge in [0.1, 0.15) is 11.2 Å². The Hall–Kier alpha value is -1.69. The smallest absolute Gasteiger partial charge is 0.357 e. The van der Waals surface area contributed by atoms with Crippen molar-refractivity contribution in [2.75, 3.05) is 0 Å². The van der Waals surface area contributed by atoms with Crippen LogP contribution in [-0.2, 0) is 0 Å². The topological polar surface area (TPSA) is 71.7 Å². The summed E-state index contributed by atoms with van der Waals surface area (Å²) in [6, 6.07) is 0. The van der Waals surface area contributed by atoms with Crippen molar-refractivity contribution in [1.29, 1.82) is 0 Å². The minimum atomic E-state index is -1.08. The number of aromatic carboxylic acids is 1. The molecule has 5 nitrogen and oxygen atoms in total. The lowest BCUT2D eigenvalue weighted by Crippen LogP contribution is -1.95. The lowest BCUT2D eigenvalue weighted by atomic mass is 10.5. The number of carbonyl (C=O) groups is 2. The number of rotatable bonds is 2. The normalized spacial score (nSPS) is 10.5. The van der Waals surface area contributed by atoms with Crippen molar-refractivity contribution < 1.29 is 14.7 Å². The molecule has 0 aliphatic rings. The van der Waals surface area contributed by atoms with Crippen LogP contribution in [0.3, 0.4) is 0 Å². The van der Waals surface area contributed by atoms with Crippen LogP contribution in [0.1, 0.15) is 21.0 Å². The Kier molecular flexibility index (Phi) is 1.63. The summed E-state index contributed by atoms with van der Waals surface area (Å²) in [6.45, 7) is 0. The van der Waals surface area contributed by atoms with Crippen molar-refractivity contribution in [3.63, 3.8) is 0 Å². The molecule has 13 heavy (non-hydrogen) atoms. The van der Waals surface area contributed by atoms with Gasteiger partial charge in [-0.15, -0.1) is 11.3 Å². The molecule has 0 saturated heterocycles. The van der Waals surface area contributed by atoms with Gasteiger partial charge in [-0.2, -0.15) is 0 Å². The second-order valence-corrected chi connectivity index (χ2v) is 3.21. The molecule has 0 aromatic carbocycles. The molecular weight excluding hydrogens is 192 g/mol. The Labute approximate surface area is 76.3 Å². The summed E-state index contributed by atoms with van der Waals surface area (Å²) in [7, 11) is 0. The lowest BCUT2D eigenvalue weighted by molar-refractivity contribution is 0.0693. The fourth-order valence-electron chi connectivity index (χ4n) is 1.04. The Balaban J connectivity index is 2.76. The summed E-state index contributed by atoms with van der Waals surface area (Å²) in [4.78, 5) is 25.2. The number of thiazole rings is 1. The second kappa shape index (κ2) is 2.67. The van der Waals surface area contributed by atoms with Crippen LogP contribution in [0.15, 0.2) is 11.7 Å². The number of hydrogen-bond acceptors (Lipinski definition) is 4. The number of carboxylic acid groups (broad SMARTS) is 1. The van der Waals surface area contributed by atoms with Gasteiger partial charge in [-0.05, 0) is 0 Å². The molecule has 2 rings (SSSR count). The molecule has 6 heteroatoms. The minimum Gasteiger partial charge on any atom is -0.476 e. The summed E-state index contributed by atoms with van der Waals surface area (Å²) in [6.07, 6.45) is 2.00. The second-order valence-electron chi connectivity index (χ2n) is 2.35. The molecule has 0 unspecified atom stereocenters. The predicted molar refractivity (Wildman–Crippen MR) is 45.4 cm³/mol. The van der Waals surface area contributed by atoms with Crippen LogP contribution >= 0.6 is 11.3 Å². The first-order chi connectivity index (χ1) is 6.24. The summed E-state index contributed by atoms with van der Waals surface area (Å²) in [5.41, 5.74) is 0.401. The molecule has 0 fully saturated rings. The van der Waals surface area contributed by atoms with E-state index < -0.39 is 5.97 Å². The number of nitrogens with zero attached hydrogens (tertiary/aromatic N) is 2. The first kappa shape index (κ1) is 7.93. The molecule has 66 valence electrons. The third kappa shape index (κ3) is 1.03. The Morgan fingerprint density at radius 3 is 3.08 bits per heavy atom. The van der Waals surface area contributed by atoms with Gasteiger partial charge in [-0.3, -0.25) is 9.20 Å². The summed E-state index contributed by atoms with van der Waals surface area (Å²) < 4.78 is 1.46. The maximum atomic E-state index is 10.6. The highest BCUT2D eigenvalue weighted by Gasteiger charge is 2.14. The average Bonchev–Trinajstić information content (AvgIpc) is 2.61. The average molecular weight is 196 g/mol. The molecule has 0 aliphatic heterocycles. The van der Waals surface area contributed by atoms with Crippen molar-refractivity contribution >= 4 is 28.4 Å². The van der Waals surface area contributed by atoms with Gasteiger partial charge in [0.25, 0.3) is 0 Å². The first-order valence-corrected chi connectivity index (χ1v) is 4.25. The molecule has 0 bridgehead atoms. The Morgan fingerprint density at radius 2 is 2.46 bits per heavy atom. The van der Waals surface area contributed by atoms with Gasteiger partial charge in [-0.1, -0.05) is 0 Å². The molecule has 0 spiro atoms. The van der Waals surface area contributed by atoms with Crippen molar-refractivity contribution in [3.8, 4) is 0 Å². The Morgan fingerprint density at radius 1 is 1.69 bits per heavy atom. The van der Waals surface area contributed by atoms with Crippen LogP contribution < -0.4 is 0 Å². The number of carboxylic acids is 1. The molecule has 1 N–H and O–H groups in total. The van der Waals surface area contributed by atoms with E-state index in [4.69, 9.17) is 5.11 Å². The third-order valence-corrected chi connectivity index (χ3v) is 2.59. The van der Waals surface area contributed by atoms with Crippen LogP contribution in [0, 0.1) is 0 Å². The highest BCUT2D eigenvalue weighted by atomic mass is 32.1. The number of aldehydes is 1. The largest absolute Gasteiger partial charge is 0.476 e. The van der Waals surface area contributed by atoms with Gasteiger partial charge in [0.05, 0.1) is 5.69 Å². The van der Waals surface area contributed by atoms with E-state index in [1.165, 1.54) is 22.1 Å². The molecule has 0 radical (unpaired) electrons. The summed E-state index contributed by atoms with van der Waals surface area (Å²) >= 11 is 1.19. The molecule has 0 amide bonds. The van der Waals surface area contributed by atoms with Crippen LogP contribution in [-0.4, -0.2) is 26.7 Å². The lowest BCUT2D eigenvalue weighted by Gasteiger charge is -1.84. The van der Waals surface area contributed by atoms with Gasteiger partial charge in [-0.25, -0.2) is 9.78 Å². The maximum Gasteiger partial charge on any atom is 0.357 e. The molecule has 2 aromatic rings. The number of fused-ring (bicyclic) bond motifs is 1. The van der Waals surface area contributed by atoms with Gasteiger partial charge in [0, 0.05) is 5.38 Å². The van der Waals surface area contributed by atoms with Crippen LogP contribution in [0.5, 0.6) is 0 Å². The van der Waals surface area contributed by atoms with Crippen LogP contribution in [0.4, 0.5) is 0 Å². The highest BCUT2D eigenvalue weighted by molar-refractivity contribution is 7.16. The van der Waals surface area contributed by atoms with Crippen LogP contribution in [0.2, 0.25) is 0 Å². The SMILES string of the molecule is O=Cc1csc2c(C(=O)O)ncn12. The number of carbonyl (C=O) groups excluding carboxylic acids is 1.